The van der Waals surface area contributed by atoms with Gasteiger partial charge in [-0.15, -0.1) is 10.2 Å². The molecule has 7 nitrogen and oxygen atoms in total. The van der Waals surface area contributed by atoms with Crippen LogP contribution in [-0.4, -0.2) is 55.6 Å². The van der Waals surface area contributed by atoms with Crippen molar-refractivity contribution in [1.29, 1.82) is 0 Å². The molecule has 2 aromatic rings. The van der Waals surface area contributed by atoms with Gasteiger partial charge < -0.3 is 10.2 Å². The first-order chi connectivity index (χ1) is 12.0. The summed E-state index contributed by atoms with van der Waals surface area (Å²) in [6, 6.07) is 10.7. The molecule has 1 saturated heterocycles. The summed E-state index contributed by atoms with van der Waals surface area (Å²) in [5.74, 6) is 1.51. The Bertz CT molecular complexity index is 803. The number of sulfonamides is 1. The molecule has 0 bridgehead atoms. The molecule has 0 spiro atoms. The molecular formula is C16H20IN5O2S. The molecule has 134 valence electrons. The fourth-order valence-corrected chi connectivity index (χ4v) is 4.46. The monoisotopic (exact) mass is 473 g/mol. The molecular weight excluding hydrogens is 453 g/mol. The van der Waals surface area contributed by atoms with E-state index in [0.717, 1.165) is 21.8 Å². The summed E-state index contributed by atoms with van der Waals surface area (Å²) >= 11 is 2.16. The van der Waals surface area contributed by atoms with Gasteiger partial charge in [0.1, 0.15) is 5.82 Å². The van der Waals surface area contributed by atoms with Crippen molar-refractivity contribution in [2.24, 2.45) is 0 Å². The van der Waals surface area contributed by atoms with Gasteiger partial charge in [-0.1, -0.05) is 0 Å². The first-order valence-electron chi connectivity index (χ1n) is 8.09. The largest absolute Gasteiger partial charge is 0.369 e. The van der Waals surface area contributed by atoms with Crippen LogP contribution in [0.4, 0.5) is 11.6 Å². The van der Waals surface area contributed by atoms with E-state index in [9.17, 15) is 8.42 Å². The second kappa shape index (κ2) is 7.83. The van der Waals surface area contributed by atoms with Crippen LogP contribution < -0.4 is 10.2 Å². The van der Waals surface area contributed by atoms with E-state index in [2.05, 4.69) is 43.0 Å². The van der Waals surface area contributed by atoms with E-state index in [1.165, 1.54) is 4.31 Å². The Morgan fingerprint density at radius 2 is 1.72 bits per heavy atom. The predicted molar refractivity (Wildman–Crippen MR) is 106 cm³/mol. The van der Waals surface area contributed by atoms with Crippen LogP contribution in [-0.2, 0) is 10.0 Å². The van der Waals surface area contributed by atoms with Gasteiger partial charge in [0.15, 0.2) is 5.82 Å². The number of anilines is 2. The Labute approximate surface area is 161 Å². The van der Waals surface area contributed by atoms with Gasteiger partial charge in [-0.05, 0) is 65.9 Å². The Kier molecular flexibility index (Phi) is 5.74. The summed E-state index contributed by atoms with van der Waals surface area (Å²) < 4.78 is 28.0. The molecule has 25 heavy (non-hydrogen) atoms. The minimum Gasteiger partial charge on any atom is -0.369 e. The standard InChI is InChI=1S/C16H20IN5O2S/c1-2-18-15-7-8-16(20-19-15)21-9-11-22(12-10-21)25(23,24)14-5-3-13(17)4-6-14/h3-8H,2,9-12H2,1H3,(H,18,19). The van der Waals surface area contributed by atoms with Gasteiger partial charge in [0.25, 0.3) is 0 Å². The molecule has 0 radical (unpaired) electrons. The van der Waals surface area contributed by atoms with E-state index in [4.69, 9.17) is 0 Å². The SMILES string of the molecule is CCNc1ccc(N2CCN(S(=O)(=O)c3ccc(I)cc3)CC2)nn1. The van der Waals surface area contributed by atoms with Gasteiger partial charge in [-0.25, -0.2) is 8.42 Å². The average Bonchev–Trinajstić information content (AvgIpc) is 2.63. The van der Waals surface area contributed by atoms with Crippen molar-refractivity contribution in [3.63, 3.8) is 0 Å². The highest BCUT2D eigenvalue weighted by molar-refractivity contribution is 14.1. The van der Waals surface area contributed by atoms with Crippen LogP contribution >= 0.6 is 22.6 Å². The van der Waals surface area contributed by atoms with E-state index in [1.807, 2.05) is 31.2 Å². The van der Waals surface area contributed by atoms with Gasteiger partial charge >= 0.3 is 0 Å². The second-order valence-electron chi connectivity index (χ2n) is 5.65. The number of nitrogens with one attached hydrogen (secondary N) is 1. The summed E-state index contributed by atoms with van der Waals surface area (Å²) in [4.78, 5) is 2.40. The fourth-order valence-electron chi connectivity index (χ4n) is 2.68. The van der Waals surface area contributed by atoms with Crippen molar-refractivity contribution in [1.82, 2.24) is 14.5 Å². The quantitative estimate of drug-likeness (QED) is 0.670. The molecule has 1 aromatic carbocycles. The Balaban J connectivity index is 1.65. The van der Waals surface area contributed by atoms with Gasteiger partial charge in [0, 0.05) is 36.3 Å². The lowest BCUT2D eigenvalue weighted by Gasteiger charge is -2.34. The Morgan fingerprint density at radius 3 is 2.28 bits per heavy atom. The first kappa shape index (κ1) is 18.3. The van der Waals surface area contributed by atoms with Crippen LogP contribution in [0.5, 0.6) is 0 Å². The minimum absolute atomic E-state index is 0.344. The molecule has 0 amide bonds. The lowest BCUT2D eigenvalue weighted by atomic mass is 10.3. The number of aromatic nitrogens is 2. The molecule has 0 saturated carbocycles. The van der Waals surface area contributed by atoms with Crippen LogP contribution in [0.15, 0.2) is 41.3 Å². The summed E-state index contributed by atoms with van der Waals surface area (Å²) in [7, 11) is -3.44. The molecule has 2 heterocycles. The van der Waals surface area contributed by atoms with Crippen molar-refractivity contribution in [2.75, 3.05) is 42.9 Å². The number of rotatable bonds is 5. The van der Waals surface area contributed by atoms with Crippen LogP contribution in [0, 0.1) is 3.57 Å². The number of hydrogen-bond acceptors (Lipinski definition) is 6. The third-order valence-corrected chi connectivity index (χ3v) is 6.65. The summed E-state index contributed by atoms with van der Waals surface area (Å²) in [5.41, 5.74) is 0. The zero-order valence-electron chi connectivity index (χ0n) is 13.9. The predicted octanol–water partition coefficient (Wildman–Crippen LogP) is 2.02. The molecule has 0 atom stereocenters. The number of halogens is 1. The van der Waals surface area contributed by atoms with Gasteiger partial charge in [-0.3, -0.25) is 0 Å². The summed E-state index contributed by atoms with van der Waals surface area (Å²) in [6.45, 7) is 4.86. The molecule has 9 heteroatoms. The molecule has 0 unspecified atom stereocenters. The third-order valence-electron chi connectivity index (χ3n) is 4.02. The topological polar surface area (TPSA) is 78.4 Å². The number of nitrogens with zero attached hydrogens (tertiary/aromatic N) is 4. The van der Waals surface area contributed by atoms with Crippen LogP contribution in [0.25, 0.3) is 0 Å². The molecule has 0 aliphatic carbocycles. The maximum Gasteiger partial charge on any atom is 0.243 e. The minimum atomic E-state index is -3.44. The van der Waals surface area contributed by atoms with E-state index in [-0.39, 0.29) is 0 Å². The number of piperazine rings is 1. The third kappa shape index (κ3) is 4.21. The van der Waals surface area contributed by atoms with Crippen molar-refractivity contribution in [3.8, 4) is 0 Å². The summed E-state index contributed by atoms with van der Waals surface area (Å²) in [5, 5.41) is 11.5. The highest BCUT2D eigenvalue weighted by atomic mass is 127. The van der Waals surface area contributed by atoms with Crippen molar-refractivity contribution in [3.05, 3.63) is 40.0 Å². The van der Waals surface area contributed by atoms with Gasteiger partial charge in [0.05, 0.1) is 4.90 Å². The smallest absolute Gasteiger partial charge is 0.243 e. The fraction of sp³-hybridized carbons (Fsp3) is 0.375. The number of hydrogen-bond donors (Lipinski definition) is 1. The van der Waals surface area contributed by atoms with Crippen molar-refractivity contribution < 1.29 is 8.42 Å². The first-order valence-corrected chi connectivity index (χ1v) is 10.6. The van der Waals surface area contributed by atoms with E-state index in [0.29, 0.717) is 31.1 Å². The van der Waals surface area contributed by atoms with Crippen molar-refractivity contribution >= 4 is 44.2 Å². The zero-order chi connectivity index (χ0) is 17.9. The number of benzene rings is 1. The zero-order valence-corrected chi connectivity index (χ0v) is 16.9. The molecule has 3 rings (SSSR count). The van der Waals surface area contributed by atoms with Crippen molar-refractivity contribution in [2.45, 2.75) is 11.8 Å². The lowest BCUT2D eigenvalue weighted by Crippen LogP contribution is -2.49. The summed E-state index contributed by atoms with van der Waals surface area (Å²) in [6.07, 6.45) is 0. The average molecular weight is 473 g/mol. The van der Waals surface area contributed by atoms with Crippen LogP contribution in [0.1, 0.15) is 6.92 Å². The van der Waals surface area contributed by atoms with E-state index in [1.54, 1.807) is 12.1 Å². The maximum absolute atomic E-state index is 12.7. The normalized spacial score (nSPS) is 16.0. The lowest BCUT2D eigenvalue weighted by molar-refractivity contribution is 0.383. The van der Waals surface area contributed by atoms with Crippen LogP contribution in [0.2, 0.25) is 0 Å². The molecule has 1 N–H and O–H groups in total. The molecule has 1 aliphatic heterocycles. The molecule has 1 aliphatic rings. The van der Waals surface area contributed by atoms with E-state index < -0.39 is 10.0 Å². The Hall–Kier alpha value is -1.46. The maximum atomic E-state index is 12.7. The van der Waals surface area contributed by atoms with Gasteiger partial charge in [-0.2, -0.15) is 4.31 Å². The van der Waals surface area contributed by atoms with Gasteiger partial charge in [0.2, 0.25) is 10.0 Å². The highest BCUT2D eigenvalue weighted by Gasteiger charge is 2.28. The van der Waals surface area contributed by atoms with E-state index >= 15 is 0 Å². The molecule has 1 aromatic heterocycles. The molecule has 1 fully saturated rings. The van der Waals surface area contributed by atoms with Crippen LogP contribution in [0.3, 0.4) is 0 Å². The Morgan fingerprint density at radius 1 is 1.04 bits per heavy atom. The highest BCUT2D eigenvalue weighted by Crippen LogP contribution is 2.21. The second-order valence-corrected chi connectivity index (χ2v) is 8.84.